The lowest BCUT2D eigenvalue weighted by Crippen LogP contribution is -2.06. The van der Waals surface area contributed by atoms with Crippen LogP contribution in [-0.2, 0) is 19.3 Å². The van der Waals surface area contributed by atoms with Crippen molar-refractivity contribution >= 4 is 5.57 Å². The molecule has 0 aliphatic heterocycles. The summed E-state index contributed by atoms with van der Waals surface area (Å²) in [6, 6.07) is 12.6. The van der Waals surface area contributed by atoms with E-state index in [0.717, 1.165) is 24.0 Å². The maximum Gasteiger partial charge on any atom is 0.168 e. The molecule has 0 saturated heterocycles. The number of fused-ring (bicyclic) bond motifs is 1. The molecule has 0 saturated carbocycles. The first-order valence-corrected chi connectivity index (χ1v) is 8.85. The highest BCUT2D eigenvalue weighted by Crippen LogP contribution is 2.32. The van der Waals surface area contributed by atoms with Gasteiger partial charge in [-0.2, -0.15) is 0 Å². The van der Waals surface area contributed by atoms with Gasteiger partial charge in [0, 0.05) is 0 Å². The minimum Gasteiger partial charge on any atom is -0.494 e. The molecule has 1 aliphatic carbocycles. The molecule has 0 atom stereocenters. The first-order valence-electron chi connectivity index (χ1n) is 8.85. The van der Waals surface area contributed by atoms with Gasteiger partial charge in [0.15, 0.2) is 11.6 Å². The SMILES string of the molecule is CCCCCc1ccc(C2=CCc3c(ccc(OC)c3F)C2)cc1. The van der Waals surface area contributed by atoms with Crippen LogP contribution in [0.15, 0.2) is 42.5 Å². The fourth-order valence-corrected chi connectivity index (χ4v) is 3.37. The van der Waals surface area contributed by atoms with E-state index < -0.39 is 0 Å². The zero-order valence-corrected chi connectivity index (χ0v) is 14.6. The molecular formula is C22H25FO. The molecule has 2 heteroatoms. The summed E-state index contributed by atoms with van der Waals surface area (Å²) >= 11 is 0. The third kappa shape index (κ3) is 3.53. The first kappa shape index (κ1) is 16.8. The van der Waals surface area contributed by atoms with Crippen molar-refractivity contribution in [1.29, 1.82) is 0 Å². The quantitative estimate of drug-likeness (QED) is 0.615. The van der Waals surface area contributed by atoms with Gasteiger partial charge >= 0.3 is 0 Å². The standard InChI is InChI=1S/C22H25FO/c1-3-4-5-6-16-7-9-17(10-8-16)18-11-13-20-19(15-18)12-14-21(24-2)22(20)23/h7-12,14H,3-6,13,15H2,1-2H3. The highest BCUT2D eigenvalue weighted by molar-refractivity contribution is 5.71. The number of unbranched alkanes of at least 4 members (excludes halogenated alkanes) is 2. The fraction of sp³-hybridized carbons (Fsp3) is 0.364. The molecule has 3 rings (SSSR count). The normalized spacial score (nSPS) is 13.4. The second-order valence-electron chi connectivity index (χ2n) is 6.48. The zero-order valence-electron chi connectivity index (χ0n) is 14.6. The highest BCUT2D eigenvalue weighted by Gasteiger charge is 2.18. The summed E-state index contributed by atoms with van der Waals surface area (Å²) in [6.45, 7) is 2.23. The molecule has 126 valence electrons. The molecule has 24 heavy (non-hydrogen) atoms. The zero-order chi connectivity index (χ0) is 16.9. The molecule has 0 bridgehead atoms. The number of hydrogen-bond acceptors (Lipinski definition) is 1. The Balaban J connectivity index is 1.74. The van der Waals surface area contributed by atoms with Crippen molar-refractivity contribution in [3.63, 3.8) is 0 Å². The van der Waals surface area contributed by atoms with Crippen molar-refractivity contribution < 1.29 is 9.13 Å². The van der Waals surface area contributed by atoms with E-state index in [1.807, 2.05) is 6.07 Å². The second-order valence-corrected chi connectivity index (χ2v) is 6.48. The maximum absolute atomic E-state index is 14.3. The Hall–Kier alpha value is -2.09. The molecule has 0 aromatic heterocycles. The van der Waals surface area contributed by atoms with Crippen molar-refractivity contribution in [2.24, 2.45) is 0 Å². The molecule has 0 unspecified atom stereocenters. The van der Waals surface area contributed by atoms with Gasteiger partial charge in [-0.25, -0.2) is 4.39 Å². The van der Waals surface area contributed by atoms with E-state index in [-0.39, 0.29) is 5.82 Å². The average molecular weight is 324 g/mol. The summed E-state index contributed by atoms with van der Waals surface area (Å²) in [5, 5.41) is 0. The Morgan fingerprint density at radius 3 is 2.54 bits per heavy atom. The van der Waals surface area contributed by atoms with Gasteiger partial charge in [-0.3, -0.25) is 0 Å². The molecule has 2 aromatic rings. The van der Waals surface area contributed by atoms with Crippen LogP contribution < -0.4 is 4.74 Å². The number of aryl methyl sites for hydroxylation is 1. The van der Waals surface area contributed by atoms with Crippen LogP contribution in [-0.4, -0.2) is 7.11 Å². The number of benzene rings is 2. The van der Waals surface area contributed by atoms with Crippen LogP contribution in [0.5, 0.6) is 5.75 Å². The lowest BCUT2D eigenvalue weighted by molar-refractivity contribution is 0.384. The van der Waals surface area contributed by atoms with Gasteiger partial charge in [0.1, 0.15) is 0 Å². The minimum absolute atomic E-state index is 0.212. The molecule has 1 nitrogen and oxygen atoms in total. The van der Waals surface area contributed by atoms with Gasteiger partial charge in [-0.05, 0) is 59.6 Å². The number of ether oxygens (including phenoxy) is 1. The topological polar surface area (TPSA) is 9.23 Å². The smallest absolute Gasteiger partial charge is 0.168 e. The molecule has 0 spiro atoms. The summed E-state index contributed by atoms with van der Waals surface area (Å²) in [6.07, 6.45) is 8.52. The summed E-state index contributed by atoms with van der Waals surface area (Å²) < 4.78 is 19.4. The van der Waals surface area contributed by atoms with Crippen LogP contribution in [0.2, 0.25) is 0 Å². The van der Waals surface area contributed by atoms with Crippen LogP contribution >= 0.6 is 0 Å². The van der Waals surface area contributed by atoms with Gasteiger partial charge in [0.05, 0.1) is 7.11 Å². The van der Waals surface area contributed by atoms with E-state index >= 15 is 0 Å². The molecule has 1 aliphatic rings. The Morgan fingerprint density at radius 2 is 1.83 bits per heavy atom. The predicted octanol–water partition coefficient (Wildman–Crippen LogP) is 5.75. The van der Waals surface area contributed by atoms with E-state index in [0.29, 0.717) is 12.2 Å². The lowest BCUT2D eigenvalue weighted by Gasteiger charge is -2.19. The number of hydrogen-bond donors (Lipinski definition) is 0. The highest BCUT2D eigenvalue weighted by atomic mass is 19.1. The first-order chi connectivity index (χ1) is 11.7. The minimum atomic E-state index is -0.212. The third-order valence-electron chi connectivity index (χ3n) is 4.85. The van der Waals surface area contributed by atoms with Gasteiger partial charge in [-0.1, -0.05) is 56.2 Å². The number of halogens is 1. The largest absolute Gasteiger partial charge is 0.494 e. The van der Waals surface area contributed by atoms with Crippen LogP contribution in [0.3, 0.4) is 0 Å². The van der Waals surface area contributed by atoms with Crippen molar-refractivity contribution in [3.8, 4) is 5.75 Å². The molecule has 0 N–H and O–H groups in total. The molecule has 0 radical (unpaired) electrons. The van der Waals surface area contributed by atoms with Crippen LogP contribution in [0.25, 0.3) is 5.57 Å². The van der Waals surface area contributed by atoms with Crippen LogP contribution in [0.1, 0.15) is 48.4 Å². The van der Waals surface area contributed by atoms with Gasteiger partial charge < -0.3 is 4.74 Å². The van der Waals surface area contributed by atoms with E-state index in [1.54, 1.807) is 6.07 Å². The lowest BCUT2D eigenvalue weighted by atomic mass is 9.87. The number of rotatable bonds is 6. The fourth-order valence-electron chi connectivity index (χ4n) is 3.37. The van der Waals surface area contributed by atoms with Crippen LogP contribution in [0, 0.1) is 5.82 Å². The summed E-state index contributed by atoms with van der Waals surface area (Å²) in [5.41, 5.74) is 5.77. The van der Waals surface area contributed by atoms with Gasteiger partial charge in [0.2, 0.25) is 0 Å². The monoisotopic (exact) mass is 324 g/mol. The third-order valence-corrected chi connectivity index (χ3v) is 4.85. The van der Waals surface area contributed by atoms with Crippen molar-refractivity contribution in [1.82, 2.24) is 0 Å². The summed E-state index contributed by atoms with van der Waals surface area (Å²) in [4.78, 5) is 0. The number of allylic oxidation sites excluding steroid dienone is 2. The summed E-state index contributed by atoms with van der Waals surface area (Å²) in [5.74, 6) is 0.124. The van der Waals surface area contributed by atoms with E-state index in [9.17, 15) is 4.39 Å². The molecule has 0 heterocycles. The van der Waals surface area contributed by atoms with Crippen molar-refractivity contribution in [2.45, 2.75) is 45.4 Å². The molecule has 0 amide bonds. The molecule has 0 fully saturated rings. The molecular weight excluding hydrogens is 299 g/mol. The predicted molar refractivity (Wildman–Crippen MR) is 98.0 cm³/mol. The second kappa shape index (κ2) is 7.65. The summed E-state index contributed by atoms with van der Waals surface area (Å²) in [7, 11) is 1.51. The molecule has 2 aromatic carbocycles. The van der Waals surface area contributed by atoms with E-state index in [2.05, 4.69) is 37.3 Å². The van der Waals surface area contributed by atoms with Crippen LogP contribution in [0.4, 0.5) is 4.39 Å². The Kier molecular flexibility index (Phi) is 5.34. The van der Waals surface area contributed by atoms with Gasteiger partial charge in [-0.15, -0.1) is 0 Å². The van der Waals surface area contributed by atoms with Crippen molar-refractivity contribution in [3.05, 3.63) is 70.5 Å². The van der Waals surface area contributed by atoms with Crippen molar-refractivity contribution in [2.75, 3.05) is 7.11 Å². The maximum atomic E-state index is 14.3. The average Bonchev–Trinajstić information content (AvgIpc) is 2.63. The van der Waals surface area contributed by atoms with E-state index in [1.165, 1.54) is 43.1 Å². The Morgan fingerprint density at radius 1 is 1.04 bits per heavy atom. The number of methoxy groups -OCH3 is 1. The Bertz CT molecular complexity index is 728. The van der Waals surface area contributed by atoms with Gasteiger partial charge in [0.25, 0.3) is 0 Å². The Labute approximate surface area is 144 Å². The van der Waals surface area contributed by atoms with E-state index in [4.69, 9.17) is 4.74 Å².